The summed E-state index contributed by atoms with van der Waals surface area (Å²) in [6.07, 6.45) is -8.12. The van der Waals surface area contributed by atoms with Crippen LogP contribution in [0.2, 0.25) is 0 Å². The number of carboxylic acid groups (broad SMARTS) is 1. The molecular weight excluding hydrogens is 296 g/mol. The lowest BCUT2D eigenvalue weighted by molar-refractivity contribution is -0.312. The van der Waals surface area contributed by atoms with E-state index in [4.69, 9.17) is 4.74 Å². The molecule has 20 heavy (non-hydrogen) atoms. The molecule has 0 amide bonds. The maximum atomic E-state index is 10.6. The molecule has 9 nitrogen and oxygen atoms in total. The fraction of sp³-hybridized carbons (Fsp3) is 0.900. The van der Waals surface area contributed by atoms with Crippen molar-refractivity contribution in [3.8, 4) is 0 Å². The highest BCUT2D eigenvalue weighted by Crippen LogP contribution is 2.30. The van der Waals surface area contributed by atoms with Gasteiger partial charge in [0, 0.05) is 12.4 Å². The Morgan fingerprint density at radius 1 is 1.35 bits per heavy atom. The van der Waals surface area contributed by atoms with Gasteiger partial charge >= 0.3 is 0 Å². The fourth-order valence-corrected chi connectivity index (χ4v) is 2.58. The summed E-state index contributed by atoms with van der Waals surface area (Å²) >= 11 is 0. The topological polar surface area (TPSA) is 156 Å². The minimum Gasteiger partial charge on any atom is -0.726 e. The monoisotopic (exact) mass is 312 g/mol. The highest BCUT2D eigenvalue weighted by molar-refractivity contribution is 7.80. The second kappa shape index (κ2) is 6.33. The van der Waals surface area contributed by atoms with Gasteiger partial charge in [-0.2, -0.15) is 0 Å². The van der Waals surface area contributed by atoms with Crippen LogP contribution in [-0.2, 0) is 24.1 Å². The number of aliphatic carboxylic acids is 1. The third-order valence-electron chi connectivity index (χ3n) is 2.98. The number of carbonyl (C=O) groups is 1. The Balaban J connectivity index is 2.98. The molecule has 0 aromatic rings. The number of rotatable bonds is 5. The summed E-state index contributed by atoms with van der Waals surface area (Å²) in [5.74, 6) is -1.90. The molecule has 0 aliphatic carbocycles. The van der Waals surface area contributed by atoms with Crippen molar-refractivity contribution < 1.29 is 42.0 Å². The smallest absolute Gasteiger partial charge is 0.218 e. The van der Waals surface area contributed by atoms with Crippen LogP contribution >= 0.6 is 0 Å². The molecule has 5 atom stereocenters. The second-order valence-electron chi connectivity index (χ2n) is 4.91. The summed E-state index contributed by atoms with van der Waals surface area (Å²) in [6, 6.07) is 0. The molecule has 0 spiro atoms. The lowest BCUT2D eigenvalue weighted by Crippen LogP contribution is -2.60. The first kappa shape index (κ1) is 17.3. The fourth-order valence-electron chi connectivity index (χ4n) is 2.09. The van der Waals surface area contributed by atoms with Crippen molar-refractivity contribution in [2.24, 2.45) is 5.92 Å². The molecule has 1 saturated heterocycles. The molecule has 1 aliphatic heterocycles. The molecule has 0 bridgehead atoms. The average Bonchev–Trinajstić information content (AvgIpc) is 2.26. The molecule has 0 saturated carbocycles. The van der Waals surface area contributed by atoms with E-state index in [2.05, 4.69) is 4.18 Å². The number of carbonyl (C=O) groups excluding carboxylic acids is 1. The van der Waals surface area contributed by atoms with Gasteiger partial charge in [0.25, 0.3) is 0 Å². The maximum absolute atomic E-state index is 10.6. The SMILES string of the molecule is CC(C)[C@@H]1OC(CC(=O)[O-])[C@@H](O)[C@@H](O)C1OS(=O)(=O)[O-]. The van der Waals surface area contributed by atoms with Gasteiger partial charge in [-0.05, 0) is 5.92 Å². The van der Waals surface area contributed by atoms with Crippen molar-refractivity contribution in [1.82, 2.24) is 0 Å². The average molecular weight is 312 g/mol. The van der Waals surface area contributed by atoms with Crippen molar-refractivity contribution in [2.75, 3.05) is 0 Å². The van der Waals surface area contributed by atoms with E-state index >= 15 is 0 Å². The molecule has 2 unspecified atom stereocenters. The zero-order valence-corrected chi connectivity index (χ0v) is 11.6. The highest BCUT2D eigenvalue weighted by atomic mass is 32.3. The number of carboxylic acids is 1. The van der Waals surface area contributed by atoms with E-state index < -0.39 is 59.2 Å². The van der Waals surface area contributed by atoms with Gasteiger partial charge < -0.3 is 29.4 Å². The summed E-state index contributed by atoms with van der Waals surface area (Å²) in [6.45, 7) is 3.19. The third kappa shape index (κ3) is 4.36. The quantitative estimate of drug-likeness (QED) is 0.402. The standard InChI is InChI=1S/C10H18O9S/c1-4(2)9-10(19-20(15,16)17)8(14)7(13)5(18-9)3-6(11)12/h4-5,7-10,13-14H,3H2,1-2H3,(H,11,12)(H,15,16,17)/p-2/t5?,7-,8-,9+,10?/m1/s1. The van der Waals surface area contributed by atoms with Crippen LogP contribution in [0.4, 0.5) is 0 Å². The van der Waals surface area contributed by atoms with Crippen LogP contribution in [0.5, 0.6) is 0 Å². The van der Waals surface area contributed by atoms with Crippen LogP contribution in [0.3, 0.4) is 0 Å². The summed E-state index contributed by atoms with van der Waals surface area (Å²) in [5.41, 5.74) is 0. The Bertz CT molecular complexity index is 446. The Morgan fingerprint density at radius 3 is 2.30 bits per heavy atom. The highest BCUT2D eigenvalue weighted by Gasteiger charge is 2.47. The van der Waals surface area contributed by atoms with Crippen molar-refractivity contribution in [2.45, 2.75) is 50.8 Å². The minimum absolute atomic E-state index is 0.395. The van der Waals surface area contributed by atoms with Crippen molar-refractivity contribution in [1.29, 1.82) is 0 Å². The molecule has 0 aromatic heterocycles. The van der Waals surface area contributed by atoms with Crippen LogP contribution in [0.25, 0.3) is 0 Å². The van der Waals surface area contributed by atoms with E-state index in [1.165, 1.54) is 0 Å². The Morgan fingerprint density at radius 2 is 1.90 bits per heavy atom. The van der Waals surface area contributed by atoms with Gasteiger partial charge in [0.15, 0.2) is 0 Å². The van der Waals surface area contributed by atoms with Crippen molar-refractivity contribution in [3.63, 3.8) is 0 Å². The van der Waals surface area contributed by atoms with E-state index in [1.807, 2.05) is 0 Å². The molecular formula is C10H16O9S-2. The molecule has 1 aliphatic rings. The number of aliphatic hydroxyl groups is 2. The second-order valence-corrected chi connectivity index (χ2v) is 5.92. The molecule has 0 aromatic carbocycles. The lowest BCUT2D eigenvalue weighted by atomic mass is 9.88. The number of hydrogen-bond acceptors (Lipinski definition) is 9. The molecule has 2 N–H and O–H groups in total. The van der Waals surface area contributed by atoms with Gasteiger partial charge in [0.05, 0.1) is 12.2 Å². The predicted molar refractivity (Wildman–Crippen MR) is 59.7 cm³/mol. The molecule has 1 heterocycles. The first-order valence-electron chi connectivity index (χ1n) is 5.88. The molecule has 0 radical (unpaired) electrons. The van der Waals surface area contributed by atoms with E-state index in [-0.39, 0.29) is 0 Å². The summed E-state index contributed by atoms with van der Waals surface area (Å²) in [7, 11) is -5.12. The van der Waals surface area contributed by atoms with E-state index in [9.17, 15) is 33.1 Å². The lowest BCUT2D eigenvalue weighted by Gasteiger charge is -2.44. The Labute approximate surface area is 116 Å². The first-order chi connectivity index (χ1) is 9.03. The minimum atomic E-state index is -5.12. The predicted octanol–water partition coefficient (Wildman–Crippen LogP) is -2.88. The third-order valence-corrected chi connectivity index (χ3v) is 3.43. The van der Waals surface area contributed by atoms with Gasteiger partial charge in [-0.15, -0.1) is 0 Å². The number of aliphatic hydroxyl groups excluding tert-OH is 2. The van der Waals surface area contributed by atoms with Crippen molar-refractivity contribution >= 4 is 16.4 Å². The van der Waals surface area contributed by atoms with Gasteiger partial charge in [-0.3, -0.25) is 4.18 Å². The number of hydrogen-bond donors (Lipinski definition) is 2. The van der Waals surface area contributed by atoms with Crippen LogP contribution in [-0.4, -0.2) is 59.7 Å². The van der Waals surface area contributed by atoms with Crippen LogP contribution < -0.4 is 5.11 Å². The van der Waals surface area contributed by atoms with Crippen LogP contribution in [0.1, 0.15) is 20.3 Å². The van der Waals surface area contributed by atoms with Crippen LogP contribution in [0.15, 0.2) is 0 Å². The Hall–Kier alpha value is -0.780. The Kier molecular flexibility index (Phi) is 5.46. The van der Waals surface area contributed by atoms with E-state index in [1.54, 1.807) is 13.8 Å². The first-order valence-corrected chi connectivity index (χ1v) is 7.21. The van der Waals surface area contributed by atoms with Crippen molar-refractivity contribution in [3.05, 3.63) is 0 Å². The summed E-state index contributed by atoms with van der Waals surface area (Å²) < 4.78 is 41.4. The van der Waals surface area contributed by atoms with Crippen LogP contribution in [0, 0.1) is 5.92 Å². The molecule has 118 valence electrons. The summed E-state index contributed by atoms with van der Waals surface area (Å²) in [5, 5.41) is 30.1. The number of ether oxygens (including phenoxy) is 1. The van der Waals surface area contributed by atoms with Gasteiger partial charge in [0.2, 0.25) is 10.4 Å². The zero-order chi connectivity index (χ0) is 15.7. The zero-order valence-electron chi connectivity index (χ0n) is 10.8. The maximum Gasteiger partial charge on any atom is 0.218 e. The van der Waals surface area contributed by atoms with E-state index in [0.717, 1.165) is 0 Å². The van der Waals surface area contributed by atoms with Gasteiger partial charge in [-0.25, -0.2) is 8.42 Å². The summed E-state index contributed by atoms with van der Waals surface area (Å²) in [4.78, 5) is 10.5. The van der Waals surface area contributed by atoms with E-state index in [0.29, 0.717) is 0 Å². The molecule has 10 heteroatoms. The largest absolute Gasteiger partial charge is 0.726 e. The molecule has 1 fully saturated rings. The van der Waals surface area contributed by atoms with Gasteiger partial charge in [0.1, 0.15) is 18.3 Å². The normalized spacial score (nSPS) is 35.2. The molecule has 1 rings (SSSR count). The van der Waals surface area contributed by atoms with Gasteiger partial charge in [-0.1, -0.05) is 13.8 Å².